The summed E-state index contributed by atoms with van der Waals surface area (Å²) in [7, 11) is 0. The maximum absolute atomic E-state index is 12.6. The maximum atomic E-state index is 12.6. The molecule has 6 heteroatoms. The minimum Gasteiger partial charge on any atom is -0.480 e. The van der Waals surface area contributed by atoms with Crippen LogP contribution in [-0.2, 0) is 4.79 Å². The Morgan fingerprint density at radius 1 is 1.47 bits per heavy atom. The van der Waals surface area contributed by atoms with E-state index in [0.717, 1.165) is 18.4 Å². The zero-order valence-corrected chi connectivity index (χ0v) is 12.6. The van der Waals surface area contributed by atoms with E-state index in [1.165, 1.54) is 11.3 Å². The smallest absolute Gasteiger partial charge is 0.327 e. The molecule has 2 atom stereocenters. The number of nitrogens with zero attached hydrogens (tertiary/aromatic N) is 1. The topological polar surface area (TPSA) is 57.6 Å². The molecule has 0 spiro atoms. The van der Waals surface area contributed by atoms with Gasteiger partial charge < -0.3 is 10.0 Å². The fraction of sp³-hybridized carbons (Fsp3) is 0.538. The van der Waals surface area contributed by atoms with Crippen molar-refractivity contribution in [3.63, 3.8) is 0 Å². The second-order valence-corrected chi connectivity index (χ2v) is 6.57. The molecule has 2 unspecified atom stereocenters. The van der Waals surface area contributed by atoms with E-state index in [9.17, 15) is 14.7 Å². The second-order valence-electron chi connectivity index (χ2n) is 4.61. The van der Waals surface area contributed by atoms with Crippen molar-refractivity contribution < 1.29 is 14.7 Å². The molecule has 0 aliphatic carbocycles. The van der Waals surface area contributed by atoms with Crippen LogP contribution in [0.1, 0.15) is 35.7 Å². The lowest BCUT2D eigenvalue weighted by molar-refractivity contribution is -0.141. The molecule has 1 amide bonds. The number of carboxylic acid groups (broad SMARTS) is 1. The van der Waals surface area contributed by atoms with E-state index < -0.39 is 12.0 Å². The summed E-state index contributed by atoms with van der Waals surface area (Å²) in [6.45, 7) is 3.94. The lowest BCUT2D eigenvalue weighted by Gasteiger charge is -2.27. The summed E-state index contributed by atoms with van der Waals surface area (Å²) >= 11 is 3.05. The number of carbonyl (C=O) groups is 2. The van der Waals surface area contributed by atoms with Crippen molar-refractivity contribution in [1.82, 2.24) is 4.90 Å². The van der Waals surface area contributed by atoms with Crippen LogP contribution in [-0.4, -0.2) is 39.1 Å². The first-order valence-electron chi connectivity index (χ1n) is 6.26. The Kier molecular flexibility index (Phi) is 4.52. The van der Waals surface area contributed by atoms with Crippen LogP contribution in [0.3, 0.4) is 0 Å². The molecule has 1 N–H and O–H groups in total. The van der Waals surface area contributed by atoms with Gasteiger partial charge in [0.25, 0.3) is 5.91 Å². The number of aliphatic carboxylic acids is 1. The summed E-state index contributed by atoms with van der Waals surface area (Å²) < 4.78 is 0. The number of aryl methyl sites for hydroxylation is 1. The molecule has 0 bridgehead atoms. The third-order valence-electron chi connectivity index (χ3n) is 3.23. The van der Waals surface area contributed by atoms with Gasteiger partial charge in [0.05, 0.1) is 10.9 Å². The van der Waals surface area contributed by atoms with Gasteiger partial charge in [-0.2, -0.15) is 11.3 Å². The van der Waals surface area contributed by atoms with Crippen LogP contribution in [0.4, 0.5) is 0 Å². The summed E-state index contributed by atoms with van der Waals surface area (Å²) in [6, 6.07) is -0.701. The molecular weight excluding hydrogens is 282 g/mol. The molecule has 1 saturated heterocycles. The number of amides is 1. The van der Waals surface area contributed by atoms with Crippen molar-refractivity contribution in [1.29, 1.82) is 0 Å². The second kappa shape index (κ2) is 5.96. The molecule has 1 aromatic heterocycles. The van der Waals surface area contributed by atoms with Gasteiger partial charge in [0.1, 0.15) is 6.04 Å². The standard InChI is InChI=1S/C13H17NO3S2/c1-3-4-11-14(10(7-19-11)13(16)17)12(15)9-6-18-5-8(9)2/h5-6,10-11H,3-4,7H2,1-2H3,(H,16,17). The van der Waals surface area contributed by atoms with Crippen molar-refractivity contribution in [2.75, 3.05) is 5.75 Å². The number of thiophene rings is 1. The number of hydrogen-bond acceptors (Lipinski definition) is 4. The van der Waals surface area contributed by atoms with Gasteiger partial charge in [0.15, 0.2) is 0 Å². The first kappa shape index (κ1) is 14.4. The number of carboxylic acids is 1. The van der Waals surface area contributed by atoms with Gasteiger partial charge in [-0.1, -0.05) is 13.3 Å². The van der Waals surface area contributed by atoms with Gasteiger partial charge in [-0.3, -0.25) is 4.79 Å². The fourth-order valence-corrected chi connectivity index (χ4v) is 4.55. The number of thioether (sulfide) groups is 1. The minimum absolute atomic E-state index is 0.0158. The molecule has 2 heterocycles. The molecule has 1 aliphatic heterocycles. The quantitative estimate of drug-likeness (QED) is 0.929. The van der Waals surface area contributed by atoms with Crippen molar-refractivity contribution in [2.45, 2.75) is 38.1 Å². The number of rotatable bonds is 4. The van der Waals surface area contributed by atoms with E-state index in [1.54, 1.807) is 16.7 Å². The van der Waals surface area contributed by atoms with Crippen LogP contribution in [0.5, 0.6) is 0 Å². The SMILES string of the molecule is CCCC1SCC(C(=O)O)N1C(=O)c1cscc1C. The minimum atomic E-state index is -0.910. The Balaban J connectivity index is 2.28. The van der Waals surface area contributed by atoms with Gasteiger partial charge in [0, 0.05) is 11.1 Å². The summed E-state index contributed by atoms with van der Waals surface area (Å²) in [5.41, 5.74) is 1.56. The average molecular weight is 299 g/mol. The van der Waals surface area contributed by atoms with E-state index in [1.807, 2.05) is 24.6 Å². The molecular formula is C13H17NO3S2. The van der Waals surface area contributed by atoms with Crippen molar-refractivity contribution in [2.24, 2.45) is 0 Å². The van der Waals surface area contributed by atoms with Crippen LogP contribution in [0.2, 0.25) is 0 Å². The monoisotopic (exact) mass is 299 g/mol. The predicted octanol–water partition coefficient (Wildman–Crippen LogP) is 2.82. The third-order valence-corrected chi connectivity index (χ3v) is 5.45. The Hall–Kier alpha value is -1.01. The van der Waals surface area contributed by atoms with Gasteiger partial charge >= 0.3 is 5.97 Å². The van der Waals surface area contributed by atoms with E-state index in [4.69, 9.17) is 0 Å². The molecule has 0 aromatic carbocycles. The van der Waals surface area contributed by atoms with Gasteiger partial charge in [0.2, 0.25) is 0 Å². The average Bonchev–Trinajstić information content (AvgIpc) is 2.95. The van der Waals surface area contributed by atoms with Crippen LogP contribution < -0.4 is 0 Å². The summed E-state index contributed by atoms with van der Waals surface area (Å²) in [6.07, 6.45) is 1.78. The van der Waals surface area contributed by atoms with Crippen molar-refractivity contribution in [3.05, 3.63) is 21.9 Å². The van der Waals surface area contributed by atoms with E-state index in [2.05, 4.69) is 0 Å². The molecule has 0 radical (unpaired) electrons. The zero-order chi connectivity index (χ0) is 14.0. The van der Waals surface area contributed by atoms with Gasteiger partial charge in [-0.15, -0.1) is 11.8 Å². The van der Waals surface area contributed by atoms with E-state index in [-0.39, 0.29) is 11.3 Å². The van der Waals surface area contributed by atoms with E-state index in [0.29, 0.717) is 11.3 Å². The molecule has 2 rings (SSSR count). The maximum Gasteiger partial charge on any atom is 0.327 e. The lowest BCUT2D eigenvalue weighted by atomic mass is 10.1. The number of carbonyl (C=O) groups excluding carboxylic acids is 1. The highest BCUT2D eigenvalue weighted by molar-refractivity contribution is 8.00. The Morgan fingerprint density at radius 3 is 2.74 bits per heavy atom. The third kappa shape index (κ3) is 2.79. The molecule has 4 nitrogen and oxygen atoms in total. The molecule has 104 valence electrons. The van der Waals surface area contributed by atoms with Crippen LogP contribution in [0.15, 0.2) is 10.8 Å². The zero-order valence-electron chi connectivity index (χ0n) is 11.0. The normalized spacial score (nSPS) is 22.7. The lowest BCUT2D eigenvalue weighted by Crippen LogP contribution is -2.45. The molecule has 19 heavy (non-hydrogen) atoms. The van der Waals surface area contributed by atoms with Crippen LogP contribution >= 0.6 is 23.1 Å². The summed E-state index contributed by atoms with van der Waals surface area (Å²) in [5.74, 6) is -0.573. The highest BCUT2D eigenvalue weighted by atomic mass is 32.2. The highest BCUT2D eigenvalue weighted by Gasteiger charge is 2.41. The van der Waals surface area contributed by atoms with Crippen LogP contribution in [0.25, 0.3) is 0 Å². The number of hydrogen-bond donors (Lipinski definition) is 1. The Morgan fingerprint density at radius 2 is 2.21 bits per heavy atom. The van der Waals surface area contributed by atoms with Crippen molar-refractivity contribution >= 4 is 35.0 Å². The molecule has 1 fully saturated rings. The highest BCUT2D eigenvalue weighted by Crippen LogP contribution is 2.34. The first-order valence-corrected chi connectivity index (χ1v) is 8.25. The Labute approximate surface area is 120 Å². The van der Waals surface area contributed by atoms with Crippen molar-refractivity contribution in [3.8, 4) is 0 Å². The summed E-state index contributed by atoms with van der Waals surface area (Å²) in [4.78, 5) is 25.5. The summed E-state index contributed by atoms with van der Waals surface area (Å²) in [5, 5.41) is 13.0. The fourth-order valence-electron chi connectivity index (χ4n) is 2.21. The first-order chi connectivity index (χ1) is 9.06. The van der Waals surface area contributed by atoms with Gasteiger partial charge in [-0.05, 0) is 24.3 Å². The van der Waals surface area contributed by atoms with Crippen LogP contribution in [0, 0.1) is 6.92 Å². The predicted molar refractivity (Wildman–Crippen MR) is 77.8 cm³/mol. The molecule has 1 aliphatic rings. The Bertz CT molecular complexity index is 486. The largest absolute Gasteiger partial charge is 0.480 e. The molecule has 0 saturated carbocycles. The molecule has 1 aromatic rings. The van der Waals surface area contributed by atoms with Gasteiger partial charge in [-0.25, -0.2) is 4.79 Å². The van der Waals surface area contributed by atoms with E-state index >= 15 is 0 Å².